The number of rotatable bonds is 5. The van der Waals surface area contributed by atoms with E-state index in [1.54, 1.807) is 13.2 Å². The zero-order valence-electron chi connectivity index (χ0n) is 18.5. The first-order chi connectivity index (χ1) is 15.4. The first-order valence-electron chi connectivity index (χ1n) is 10.6. The van der Waals surface area contributed by atoms with Gasteiger partial charge in [0, 0.05) is 42.2 Å². The number of ether oxygens (including phenoxy) is 1. The normalized spacial score (nSPS) is 17.8. The predicted molar refractivity (Wildman–Crippen MR) is 134 cm³/mol. The van der Waals surface area contributed by atoms with Crippen molar-refractivity contribution in [3.05, 3.63) is 58.6 Å². The number of nitrogens with one attached hydrogen (secondary N) is 1. The van der Waals surface area contributed by atoms with Crippen LogP contribution in [0, 0.1) is 6.92 Å². The van der Waals surface area contributed by atoms with Gasteiger partial charge in [0.05, 0.1) is 18.6 Å². The first-order valence-corrected chi connectivity index (χ1v) is 12.0. The molecule has 8 heteroatoms. The quantitative estimate of drug-likeness (QED) is 0.690. The van der Waals surface area contributed by atoms with Crippen LogP contribution in [0.25, 0.3) is 0 Å². The number of hydrogen-bond donors (Lipinski definition) is 1. The van der Waals surface area contributed by atoms with Gasteiger partial charge in [-0.3, -0.25) is 9.79 Å². The Hall–Kier alpha value is -2.35. The summed E-state index contributed by atoms with van der Waals surface area (Å²) in [6.45, 7) is 3.85. The molecule has 2 heterocycles. The van der Waals surface area contributed by atoms with Crippen molar-refractivity contribution in [1.82, 2.24) is 4.90 Å². The van der Waals surface area contributed by atoms with Gasteiger partial charge in [-0.15, -0.1) is 0 Å². The maximum Gasteiger partial charge on any atom is 0.234 e. The van der Waals surface area contributed by atoms with Crippen molar-refractivity contribution in [2.75, 3.05) is 38.3 Å². The summed E-state index contributed by atoms with van der Waals surface area (Å²) in [5.41, 5.74) is 3.11. The van der Waals surface area contributed by atoms with Crippen LogP contribution in [0.1, 0.15) is 24.0 Å². The minimum Gasteiger partial charge on any atom is -0.497 e. The Morgan fingerprint density at radius 1 is 1.19 bits per heavy atom. The van der Waals surface area contributed by atoms with E-state index in [0.29, 0.717) is 5.02 Å². The second-order valence-corrected chi connectivity index (χ2v) is 9.59. The van der Waals surface area contributed by atoms with E-state index in [9.17, 15) is 4.79 Å². The van der Waals surface area contributed by atoms with Crippen LogP contribution in [0.5, 0.6) is 5.75 Å². The average molecular weight is 471 g/mol. The number of thioether (sulfide) groups is 1. The third kappa shape index (κ3) is 5.17. The molecule has 4 rings (SSSR count). The number of nitrogens with zero attached hydrogens (tertiary/aromatic N) is 3. The molecular weight excluding hydrogens is 444 g/mol. The van der Waals surface area contributed by atoms with Crippen molar-refractivity contribution in [3.8, 4) is 5.75 Å². The Kier molecular flexibility index (Phi) is 6.88. The molecule has 1 fully saturated rings. The van der Waals surface area contributed by atoms with Crippen molar-refractivity contribution in [2.24, 2.45) is 9.98 Å². The van der Waals surface area contributed by atoms with Crippen molar-refractivity contribution < 1.29 is 9.53 Å². The van der Waals surface area contributed by atoms with E-state index in [4.69, 9.17) is 26.3 Å². The maximum absolute atomic E-state index is 12.7. The molecule has 32 heavy (non-hydrogen) atoms. The molecule has 2 aliphatic heterocycles. The second-order valence-electron chi connectivity index (χ2n) is 8.19. The summed E-state index contributed by atoms with van der Waals surface area (Å²) in [4.78, 5) is 25.1. The van der Waals surface area contributed by atoms with E-state index in [1.165, 1.54) is 11.8 Å². The van der Waals surface area contributed by atoms with Crippen LogP contribution in [-0.2, 0) is 4.79 Å². The number of aryl methyl sites for hydroxylation is 1. The van der Waals surface area contributed by atoms with Gasteiger partial charge in [-0.1, -0.05) is 29.4 Å². The molecule has 2 aliphatic rings. The maximum atomic E-state index is 12.7. The highest BCUT2D eigenvalue weighted by molar-refractivity contribution is 8.16. The fraction of sp³-hybridized carbons (Fsp3) is 0.375. The van der Waals surface area contributed by atoms with Gasteiger partial charge in [0.15, 0.2) is 5.66 Å². The standard InChI is InChI=1S/C24H27ClN4O2S/c1-16-4-7-18(25)14-20(16)26-21(30)15-32-23-22(17-5-8-19(31-3)9-6-17)27-24(28-23)10-12-29(2)13-11-24/h4-9,14H,10-13,15H2,1-3H3,(H,26,30). The third-order valence-corrected chi connectivity index (χ3v) is 7.00. The minimum absolute atomic E-state index is 0.0959. The molecule has 1 spiro atoms. The van der Waals surface area contributed by atoms with Crippen LogP contribution in [0.4, 0.5) is 5.69 Å². The number of halogens is 1. The highest BCUT2D eigenvalue weighted by atomic mass is 35.5. The lowest BCUT2D eigenvalue weighted by atomic mass is 9.99. The SMILES string of the molecule is COc1ccc(C2=NC3(CCN(C)CC3)N=C2SCC(=O)Nc2cc(Cl)ccc2C)cc1. The van der Waals surface area contributed by atoms with Crippen molar-refractivity contribution in [2.45, 2.75) is 25.4 Å². The van der Waals surface area contributed by atoms with Gasteiger partial charge >= 0.3 is 0 Å². The second kappa shape index (κ2) is 9.65. The number of carbonyl (C=O) groups excluding carboxylic acids is 1. The van der Waals surface area contributed by atoms with Gasteiger partial charge in [-0.25, -0.2) is 4.99 Å². The lowest BCUT2D eigenvalue weighted by Crippen LogP contribution is -2.39. The fourth-order valence-corrected chi connectivity index (χ4v) is 4.86. The Morgan fingerprint density at radius 2 is 1.91 bits per heavy atom. The number of benzene rings is 2. The number of likely N-dealkylation sites (tertiary alicyclic amines) is 1. The molecular formula is C24H27ClN4O2S. The lowest BCUT2D eigenvalue weighted by molar-refractivity contribution is -0.113. The monoisotopic (exact) mass is 470 g/mol. The molecule has 1 amide bonds. The van der Waals surface area contributed by atoms with Gasteiger partial charge in [0.2, 0.25) is 5.91 Å². The van der Waals surface area contributed by atoms with Crippen LogP contribution in [0.15, 0.2) is 52.4 Å². The lowest BCUT2D eigenvalue weighted by Gasteiger charge is -2.33. The number of amides is 1. The Morgan fingerprint density at radius 3 is 2.59 bits per heavy atom. The highest BCUT2D eigenvalue weighted by Gasteiger charge is 2.39. The molecule has 2 aromatic carbocycles. The van der Waals surface area contributed by atoms with Crippen LogP contribution in [-0.4, -0.2) is 60.2 Å². The van der Waals surface area contributed by atoms with E-state index in [1.807, 2.05) is 43.3 Å². The summed E-state index contributed by atoms with van der Waals surface area (Å²) in [7, 11) is 3.77. The summed E-state index contributed by atoms with van der Waals surface area (Å²) >= 11 is 7.51. The molecule has 0 atom stereocenters. The van der Waals surface area contributed by atoms with Crippen LogP contribution in [0.3, 0.4) is 0 Å². The number of piperidine rings is 1. The van der Waals surface area contributed by atoms with E-state index in [-0.39, 0.29) is 11.7 Å². The number of anilines is 1. The molecule has 0 saturated carbocycles. The van der Waals surface area contributed by atoms with Gasteiger partial charge in [0.1, 0.15) is 10.8 Å². The summed E-state index contributed by atoms with van der Waals surface area (Å²) in [5.74, 6) is 0.945. The zero-order chi connectivity index (χ0) is 22.7. The topological polar surface area (TPSA) is 66.3 Å². The first kappa shape index (κ1) is 22.8. The largest absolute Gasteiger partial charge is 0.497 e. The average Bonchev–Trinajstić information content (AvgIpc) is 3.15. The van der Waals surface area contributed by atoms with E-state index >= 15 is 0 Å². The van der Waals surface area contributed by atoms with E-state index in [0.717, 1.165) is 59.3 Å². The molecule has 0 bridgehead atoms. The third-order valence-electron chi connectivity index (χ3n) is 5.80. The Bertz CT molecular complexity index is 1060. The van der Waals surface area contributed by atoms with Crippen molar-refractivity contribution in [1.29, 1.82) is 0 Å². The number of aliphatic imine (C=N–C) groups is 2. The zero-order valence-corrected chi connectivity index (χ0v) is 20.1. The van der Waals surface area contributed by atoms with Crippen molar-refractivity contribution in [3.63, 3.8) is 0 Å². The minimum atomic E-state index is -0.426. The molecule has 0 aliphatic carbocycles. The smallest absolute Gasteiger partial charge is 0.234 e. The molecule has 1 saturated heterocycles. The molecule has 6 nitrogen and oxygen atoms in total. The molecule has 0 radical (unpaired) electrons. The van der Waals surface area contributed by atoms with E-state index in [2.05, 4.69) is 17.3 Å². The van der Waals surface area contributed by atoms with Gasteiger partial charge in [-0.2, -0.15) is 0 Å². The molecule has 1 N–H and O–H groups in total. The Balaban J connectivity index is 1.52. The summed E-state index contributed by atoms with van der Waals surface area (Å²) in [6, 6.07) is 13.3. The van der Waals surface area contributed by atoms with Gasteiger partial charge in [-0.05, 0) is 55.9 Å². The number of carbonyl (C=O) groups is 1. The number of hydrogen-bond acceptors (Lipinski definition) is 6. The summed E-state index contributed by atoms with van der Waals surface area (Å²) < 4.78 is 5.29. The van der Waals surface area contributed by atoms with E-state index < -0.39 is 5.66 Å². The molecule has 2 aromatic rings. The molecule has 0 aromatic heterocycles. The Labute approximate surface area is 198 Å². The molecule has 168 valence electrons. The summed E-state index contributed by atoms with van der Waals surface area (Å²) in [6.07, 6.45) is 1.75. The van der Waals surface area contributed by atoms with Gasteiger partial charge < -0.3 is 15.0 Å². The summed E-state index contributed by atoms with van der Waals surface area (Å²) in [5, 5.41) is 4.37. The number of methoxy groups -OCH3 is 1. The van der Waals surface area contributed by atoms with Crippen LogP contribution >= 0.6 is 23.4 Å². The van der Waals surface area contributed by atoms with Gasteiger partial charge in [0.25, 0.3) is 0 Å². The highest BCUT2D eigenvalue weighted by Crippen LogP contribution is 2.35. The predicted octanol–water partition coefficient (Wildman–Crippen LogP) is 4.65. The fourth-order valence-electron chi connectivity index (χ4n) is 3.81. The molecule has 0 unspecified atom stereocenters. The van der Waals surface area contributed by atoms with Crippen LogP contribution in [0.2, 0.25) is 5.02 Å². The van der Waals surface area contributed by atoms with Crippen molar-refractivity contribution >= 4 is 45.7 Å². The van der Waals surface area contributed by atoms with Crippen LogP contribution < -0.4 is 10.1 Å².